The third-order valence-corrected chi connectivity index (χ3v) is 3.95. The number of methoxy groups -OCH3 is 1. The van der Waals surface area contributed by atoms with Gasteiger partial charge in [0.25, 0.3) is 0 Å². The molecule has 0 radical (unpaired) electrons. The van der Waals surface area contributed by atoms with Crippen molar-refractivity contribution >= 4 is 23.0 Å². The van der Waals surface area contributed by atoms with Crippen molar-refractivity contribution in [3.05, 3.63) is 28.2 Å². The second kappa shape index (κ2) is 6.33. The van der Waals surface area contributed by atoms with Gasteiger partial charge in [0, 0.05) is 45.1 Å². The van der Waals surface area contributed by atoms with E-state index in [9.17, 15) is 9.59 Å². The molecule has 1 aliphatic heterocycles. The molecule has 2 aromatic rings. The molecule has 0 atom stereocenters. The third-order valence-electron chi connectivity index (χ3n) is 3.95. The molecular formula is C15H19N5O3. The third kappa shape index (κ3) is 2.77. The fourth-order valence-electron chi connectivity index (χ4n) is 2.68. The molecule has 0 bridgehead atoms. The molecule has 3 heterocycles. The fourth-order valence-corrected chi connectivity index (χ4v) is 2.68. The number of aromatic nitrogens is 3. The average Bonchev–Trinajstić information content (AvgIpc) is 2.62. The van der Waals surface area contributed by atoms with Gasteiger partial charge in [-0.3, -0.25) is 4.79 Å². The number of carbonyl (C=O) groups is 1. The van der Waals surface area contributed by atoms with Crippen molar-refractivity contribution in [3.8, 4) is 0 Å². The van der Waals surface area contributed by atoms with E-state index in [0.717, 1.165) is 26.2 Å². The van der Waals surface area contributed by atoms with E-state index in [-0.39, 0.29) is 5.56 Å². The number of pyridine rings is 1. The predicted octanol–water partition coefficient (Wildman–Crippen LogP) is 0.00760. The van der Waals surface area contributed by atoms with E-state index >= 15 is 0 Å². The first kappa shape index (κ1) is 15.4. The van der Waals surface area contributed by atoms with Crippen LogP contribution in [0.25, 0.3) is 11.0 Å². The summed E-state index contributed by atoms with van der Waals surface area (Å²) in [6.45, 7) is 5.91. The minimum Gasteiger partial charge on any atom is -0.465 e. The Labute approximate surface area is 133 Å². The summed E-state index contributed by atoms with van der Waals surface area (Å²) < 4.78 is 6.45. The average molecular weight is 317 g/mol. The second-order valence-corrected chi connectivity index (χ2v) is 5.29. The number of fused-ring (bicyclic) bond motifs is 1. The molecule has 2 aromatic heterocycles. The molecule has 8 nitrogen and oxygen atoms in total. The van der Waals surface area contributed by atoms with Gasteiger partial charge >= 0.3 is 5.97 Å². The zero-order valence-electron chi connectivity index (χ0n) is 13.2. The lowest BCUT2D eigenvalue weighted by molar-refractivity contribution is 0.0598. The number of nitrogens with zero attached hydrogens (tertiary/aromatic N) is 4. The molecule has 122 valence electrons. The lowest BCUT2D eigenvalue weighted by atomic mass is 10.2. The van der Waals surface area contributed by atoms with Crippen LogP contribution in [0.1, 0.15) is 17.3 Å². The van der Waals surface area contributed by atoms with Crippen molar-refractivity contribution in [3.63, 3.8) is 0 Å². The van der Waals surface area contributed by atoms with Crippen molar-refractivity contribution in [1.29, 1.82) is 0 Å². The molecule has 1 aliphatic rings. The molecule has 1 N–H and O–H groups in total. The van der Waals surface area contributed by atoms with Gasteiger partial charge in [0.2, 0.25) is 11.4 Å². The monoisotopic (exact) mass is 317 g/mol. The van der Waals surface area contributed by atoms with Crippen molar-refractivity contribution in [2.75, 3.05) is 38.2 Å². The summed E-state index contributed by atoms with van der Waals surface area (Å²) in [4.78, 5) is 35.2. The quantitative estimate of drug-likeness (QED) is 0.797. The molecule has 3 rings (SSSR count). The summed E-state index contributed by atoms with van der Waals surface area (Å²) in [5.41, 5.74) is 0.137. The van der Waals surface area contributed by atoms with Gasteiger partial charge in [0.1, 0.15) is 11.2 Å². The van der Waals surface area contributed by atoms with Crippen LogP contribution in [0, 0.1) is 0 Å². The Bertz CT molecular complexity index is 796. The zero-order valence-corrected chi connectivity index (χ0v) is 13.2. The van der Waals surface area contributed by atoms with E-state index in [1.807, 2.05) is 6.92 Å². The minimum atomic E-state index is -0.648. The Hall–Kier alpha value is -2.48. The van der Waals surface area contributed by atoms with Gasteiger partial charge in [-0.1, -0.05) is 0 Å². The maximum Gasteiger partial charge on any atom is 0.343 e. The van der Waals surface area contributed by atoms with E-state index in [1.54, 1.807) is 4.57 Å². The highest BCUT2D eigenvalue weighted by Crippen LogP contribution is 2.15. The Kier molecular flexibility index (Phi) is 4.24. The van der Waals surface area contributed by atoms with Crippen molar-refractivity contribution in [2.24, 2.45) is 0 Å². The van der Waals surface area contributed by atoms with Crippen molar-refractivity contribution in [1.82, 2.24) is 19.9 Å². The van der Waals surface area contributed by atoms with Crippen LogP contribution in [-0.4, -0.2) is 53.8 Å². The van der Waals surface area contributed by atoms with E-state index in [1.165, 1.54) is 19.5 Å². The van der Waals surface area contributed by atoms with Crippen LogP contribution in [0.2, 0.25) is 0 Å². The van der Waals surface area contributed by atoms with Crippen LogP contribution in [0.3, 0.4) is 0 Å². The molecule has 0 saturated carbocycles. The van der Waals surface area contributed by atoms with Gasteiger partial charge in [0.15, 0.2) is 0 Å². The van der Waals surface area contributed by atoms with Gasteiger partial charge in [-0.2, -0.15) is 4.98 Å². The predicted molar refractivity (Wildman–Crippen MR) is 85.9 cm³/mol. The number of aryl methyl sites for hydroxylation is 1. The minimum absolute atomic E-state index is 0.000345. The Morgan fingerprint density at radius 1 is 1.39 bits per heavy atom. The van der Waals surface area contributed by atoms with E-state index in [0.29, 0.717) is 23.5 Å². The van der Waals surface area contributed by atoms with Gasteiger partial charge in [-0.05, 0) is 6.92 Å². The number of ether oxygens (including phenoxy) is 1. The topological polar surface area (TPSA) is 89.3 Å². The number of rotatable bonds is 3. The van der Waals surface area contributed by atoms with Crippen LogP contribution >= 0.6 is 0 Å². The molecule has 8 heteroatoms. The number of hydrogen-bond donors (Lipinski definition) is 1. The standard InChI is InChI=1S/C15H19N5O3/c1-3-19-9-11(14(22)23-2)12(21)10-8-17-15(18-13(10)19)20-6-4-16-5-7-20/h8-9,16H,3-7H2,1-2H3. The first-order valence-corrected chi connectivity index (χ1v) is 7.60. The van der Waals surface area contributed by atoms with Gasteiger partial charge in [-0.15, -0.1) is 0 Å². The lowest BCUT2D eigenvalue weighted by Gasteiger charge is -2.27. The zero-order chi connectivity index (χ0) is 16.4. The largest absolute Gasteiger partial charge is 0.465 e. The molecule has 0 aliphatic carbocycles. The molecule has 23 heavy (non-hydrogen) atoms. The van der Waals surface area contributed by atoms with Gasteiger partial charge < -0.3 is 19.5 Å². The van der Waals surface area contributed by atoms with Crippen LogP contribution < -0.4 is 15.6 Å². The first-order chi connectivity index (χ1) is 11.2. The highest BCUT2D eigenvalue weighted by atomic mass is 16.5. The highest BCUT2D eigenvalue weighted by Gasteiger charge is 2.19. The first-order valence-electron chi connectivity index (χ1n) is 7.60. The number of anilines is 1. The van der Waals surface area contributed by atoms with Crippen molar-refractivity contribution in [2.45, 2.75) is 13.5 Å². The molecule has 0 aromatic carbocycles. The summed E-state index contributed by atoms with van der Waals surface area (Å²) in [5, 5.41) is 3.60. The summed E-state index contributed by atoms with van der Waals surface area (Å²) in [7, 11) is 1.26. The van der Waals surface area contributed by atoms with Gasteiger partial charge in [-0.25, -0.2) is 9.78 Å². The smallest absolute Gasteiger partial charge is 0.343 e. The summed E-state index contributed by atoms with van der Waals surface area (Å²) >= 11 is 0. The van der Waals surface area contributed by atoms with Crippen LogP contribution in [-0.2, 0) is 11.3 Å². The number of esters is 1. The SMILES string of the molecule is CCn1cc(C(=O)OC)c(=O)c2cnc(N3CCNCC3)nc21. The Morgan fingerprint density at radius 3 is 2.78 bits per heavy atom. The number of piperazine rings is 1. The fraction of sp³-hybridized carbons (Fsp3) is 0.467. The molecule has 0 amide bonds. The van der Waals surface area contributed by atoms with E-state index in [2.05, 4.69) is 24.9 Å². The van der Waals surface area contributed by atoms with Gasteiger partial charge in [0.05, 0.1) is 12.5 Å². The normalized spacial score (nSPS) is 15.0. The molecule has 1 saturated heterocycles. The Morgan fingerprint density at radius 2 is 2.13 bits per heavy atom. The summed E-state index contributed by atoms with van der Waals surface area (Å²) in [5.74, 6) is -0.0447. The molecule has 0 unspecified atom stereocenters. The number of nitrogens with one attached hydrogen (secondary N) is 1. The van der Waals surface area contributed by atoms with Crippen LogP contribution in [0.4, 0.5) is 5.95 Å². The van der Waals surface area contributed by atoms with Crippen LogP contribution in [0.5, 0.6) is 0 Å². The molecule has 1 fully saturated rings. The number of carbonyl (C=O) groups excluding carboxylic acids is 1. The maximum atomic E-state index is 12.5. The lowest BCUT2D eigenvalue weighted by Crippen LogP contribution is -2.44. The van der Waals surface area contributed by atoms with E-state index < -0.39 is 11.4 Å². The second-order valence-electron chi connectivity index (χ2n) is 5.29. The molecular weight excluding hydrogens is 298 g/mol. The highest BCUT2D eigenvalue weighted by molar-refractivity contribution is 5.92. The maximum absolute atomic E-state index is 12.5. The van der Waals surface area contributed by atoms with Crippen LogP contribution in [0.15, 0.2) is 17.2 Å². The summed E-state index contributed by atoms with van der Waals surface area (Å²) in [6.07, 6.45) is 3.01. The van der Waals surface area contributed by atoms with E-state index in [4.69, 9.17) is 0 Å². The summed E-state index contributed by atoms with van der Waals surface area (Å²) in [6, 6.07) is 0. The molecule has 0 spiro atoms. The number of hydrogen-bond acceptors (Lipinski definition) is 7. The van der Waals surface area contributed by atoms with Crippen molar-refractivity contribution < 1.29 is 9.53 Å². The Balaban J connectivity index is 2.15.